The van der Waals surface area contributed by atoms with Crippen LogP contribution in [0.3, 0.4) is 0 Å². The van der Waals surface area contributed by atoms with Gasteiger partial charge in [-0.15, -0.1) is 13.2 Å². The van der Waals surface area contributed by atoms with Crippen LogP contribution in [0.15, 0.2) is 207 Å². The first kappa shape index (κ1) is 70.8. The van der Waals surface area contributed by atoms with Gasteiger partial charge in [0, 0.05) is 29.1 Å². The molecule has 22 nitrogen and oxygen atoms in total. The highest BCUT2D eigenvalue weighted by Gasteiger charge is 2.52. The number of rotatable bonds is 20. The van der Waals surface area contributed by atoms with E-state index in [1.54, 1.807) is 70.3 Å². The minimum absolute atomic E-state index is 0.0517. The number of nitrogens with two attached hydrogens (primary N) is 1. The van der Waals surface area contributed by atoms with E-state index < -0.39 is 73.5 Å². The number of aliphatic hydroxyl groups is 2. The average Bonchev–Trinajstić information content (AvgIpc) is 1.62. The number of ether oxygens (including phenoxy) is 2. The number of hydrogen-bond acceptors (Lipinski definition) is 16. The molecule has 2 aliphatic heterocycles. The van der Waals surface area contributed by atoms with Crippen LogP contribution in [0.1, 0.15) is 74.7 Å². The number of anilines is 2. The van der Waals surface area contributed by atoms with Gasteiger partial charge in [-0.3, -0.25) is 28.5 Å². The van der Waals surface area contributed by atoms with Crippen molar-refractivity contribution >= 4 is 86.2 Å². The van der Waals surface area contributed by atoms with Crippen LogP contribution in [0.4, 0.5) is 11.6 Å². The lowest BCUT2D eigenvalue weighted by Crippen LogP contribution is -2.51. The normalized spacial score (nSPS) is 19.6. The molecule has 9 aromatic rings. The Bertz CT molecular complexity index is 3990. The standard InChI is InChI=1S/C26H34N8O4Si.C26H36N6O4Si.C18H15P/c1-7-13-33(24(36)17-11-9-8-10-12-17)22-20-23(29-15-28-22)34(16-30-20)25-21(38-39(5,6)26(2,3)4)19(31-32-27)18(14-35)37-25;1-7-13-31(24(34)17-11-9-8-10-12-17)22-20-23(29-15-28-22)32(16-30-20)25-21(19(27)18(14-33)35-25)36-37(5,6)26(2,3)4;1-4-10-16(11-5-1)19(17-12-6-2-7-13-17)18-14-8-3-9-15-18/h7-12,15-16,18-19,21,25,35H,1,13-14H2,2-6H3;7-12,15-16,18-19,21,25,33H,1,13-14,27H2,2-6H3;1-15H/t2*18-,19-,21-,25-;/m11./s1. The Morgan fingerprint density at radius 1 is 0.600 bits per heavy atom. The number of benzene rings is 5. The second kappa shape index (κ2) is 30.9. The number of carbonyl (C=O) groups is 2. The summed E-state index contributed by atoms with van der Waals surface area (Å²) in [5.41, 5.74) is 18.5. The van der Waals surface area contributed by atoms with Crippen LogP contribution < -0.4 is 31.4 Å². The highest BCUT2D eigenvalue weighted by Crippen LogP contribution is 2.45. The van der Waals surface area contributed by atoms with Crippen molar-refractivity contribution in [2.24, 2.45) is 10.8 Å². The molecule has 2 aliphatic rings. The number of hydrogen-bond donors (Lipinski definition) is 3. The SMILES string of the molecule is C=CCN(C(=O)c1ccccc1)c1ncnc2c1ncn2[C@@H]1O[C@H](CO)[C@@H](N)[C@H]1O[Si](C)(C)C(C)(C)C.C=CCN(C(=O)c1ccccc1)c1ncnc2c1ncn2[C@@H]1O[C@H](CO)[C@@H](N=[N+]=[N-])[C@H]1O[Si](C)(C)C(C)(C)C.c1ccc(P(c2ccccc2)c2ccccc2)cc1. The molecule has 5 aromatic carbocycles. The smallest absolute Gasteiger partial charge is 0.259 e. The molecule has 2 fully saturated rings. The van der Waals surface area contributed by atoms with Gasteiger partial charge in [-0.25, -0.2) is 29.9 Å². The van der Waals surface area contributed by atoms with Crippen molar-refractivity contribution in [1.82, 2.24) is 39.0 Å². The number of amides is 2. The molecular weight excluding hydrogens is 1250 g/mol. The highest BCUT2D eigenvalue weighted by molar-refractivity contribution is 7.79. The van der Waals surface area contributed by atoms with E-state index in [0.717, 1.165) is 0 Å². The van der Waals surface area contributed by atoms with Gasteiger partial charge < -0.3 is 34.3 Å². The first-order chi connectivity index (χ1) is 45.5. The Balaban J connectivity index is 0.000000177. The number of aliphatic hydroxyl groups excluding tert-OH is 2. The molecule has 496 valence electrons. The molecule has 4 N–H and O–H groups in total. The minimum Gasteiger partial charge on any atom is -0.409 e. The summed E-state index contributed by atoms with van der Waals surface area (Å²) in [4.78, 5) is 59.7. The van der Waals surface area contributed by atoms with Crippen LogP contribution in [0.25, 0.3) is 32.8 Å². The van der Waals surface area contributed by atoms with Crippen molar-refractivity contribution in [2.75, 3.05) is 36.1 Å². The van der Waals surface area contributed by atoms with Gasteiger partial charge in [0.15, 0.2) is 63.1 Å². The zero-order valence-corrected chi connectivity index (χ0v) is 58.3. The number of aromatic nitrogens is 8. The predicted molar refractivity (Wildman–Crippen MR) is 379 cm³/mol. The summed E-state index contributed by atoms with van der Waals surface area (Å²) in [5, 5.41) is 28.0. The summed E-state index contributed by atoms with van der Waals surface area (Å²) in [6.07, 6.45) is 5.09. The van der Waals surface area contributed by atoms with Crippen LogP contribution in [0.5, 0.6) is 0 Å². The van der Waals surface area contributed by atoms with Crippen LogP contribution in [-0.2, 0) is 18.3 Å². The summed E-state index contributed by atoms with van der Waals surface area (Å²) < 4.78 is 29.3. The van der Waals surface area contributed by atoms with Crippen LogP contribution in [-0.4, -0.2) is 141 Å². The maximum atomic E-state index is 13.4. The first-order valence-corrected chi connectivity index (χ1v) is 38.6. The monoisotopic (exact) mass is 1340 g/mol. The fourth-order valence-corrected chi connectivity index (χ4v) is 15.5. The molecule has 0 radical (unpaired) electrons. The molecule has 11 rings (SSSR count). The fraction of sp³-hybridized carbons (Fsp3) is 0.343. The number of carbonyl (C=O) groups excluding carboxylic acids is 2. The first-order valence-electron chi connectivity index (χ1n) is 31.4. The predicted octanol–water partition coefficient (Wildman–Crippen LogP) is 11.3. The Morgan fingerprint density at radius 3 is 1.32 bits per heavy atom. The highest BCUT2D eigenvalue weighted by atomic mass is 31.1. The number of imidazole rings is 2. The quantitative estimate of drug-likeness (QED) is 0.0160. The second-order valence-corrected chi connectivity index (χ2v) is 37.7. The Hall–Kier alpha value is -8.49. The second-order valence-electron chi connectivity index (χ2n) is 26.0. The zero-order valence-electron chi connectivity index (χ0n) is 55.4. The molecule has 0 unspecified atom stereocenters. The molecule has 0 aliphatic carbocycles. The Labute approximate surface area is 558 Å². The van der Waals surface area contributed by atoms with E-state index in [1.165, 1.54) is 38.4 Å². The topological polar surface area (TPSA) is 280 Å². The summed E-state index contributed by atoms with van der Waals surface area (Å²) in [7, 11) is -5.06. The van der Waals surface area contributed by atoms with Crippen LogP contribution >= 0.6 is 7.92 Å². The van der Waals surface area contributed by atoms with Crippen LogP contribution in [0.2, 0.25) is 36.3 Å². The van der Waals surface area contributed by atoms with Gasteiger partial charge >= 0.3 is 0 Å². The van der Waals surface area contributed by atoms with E-state index in [-0.39, 0.29) is 48.2 Å². The third kappa shape index (κ3) is 15.8. The third-order valence-corrected chi connectivity index (χ3v) is 29.1. The third-order valence-electron chi connectivity index (χ3n) is 17.7. The van der Waals surface area contributed by atoms with Crippen molar-refractivity contribution in [2.45, 2.75) is 127 Å². The minimum atomic E-state index is -2.37. The van der Waals surface area contributed by atoms with Gasteiger partial charge in [-0.1, -0.05) is 186 Å². The van der Waals surface area contributed by atoms with Crippen LogP contribution in [0, 0.1) is 0 Å². The average molecular weight is 1340 g/mol. The van der Waals surface area contributed by atoms with E-state index in [4.69, 9.17) is 24.1 Å². The number of fused-ring (bicyclic) bond motifs is 2. The largest absolute Gasteiger partial charge is 0.409 e. The number of azide groups is 1. The van der Waals surface area contributed by atoms with Gasteiger partial charge in [0.05, 0.1) is 44.1 Å². The lowest BCUT2D eigenvalue weighted by molar-refractivity contribution is -0.0462. The molecule has 25 heteroatoms. The Morgan fingerprint density at radius 2 is 0.958 bits per heavy atom. The van der Waals surface area contributed by atoms with Gasteiger partial charge in [0.1, 0.15) is 31.0 Å². The molecule has 2 saturated heterocycles. The molecule has 0 bridgehead atoms. The summed E-state index contributed by atoms with van der Waals surface area (Å²) >= 11 is 0. The maximum absolute atomic E-state index is 13.4. The molecule has 95 heavy (non-hydrogen) atoms. The van der Waals surface area contributed by atoms with Crippen molar-refractivity contribution in [3.8, 4) is 0 Å². The molecule has 2 amide bonds. The number of nitrogens with zero attached hydrogens (tertiary/aromatic N) is 13. The lowest BCUT2D eigenvalue weighted by atomic mass is 10.1. The van der Waals surface area contributed by atoms with E-state index >= 15 is 0 Å². The molecule has 0 spiro atoms. The Kier molecular flexibility index (Phi) is 23.1. The van der Waals surface area contributed by atoms with Crippen molar-refractivity contribution in [3.05, 3.63) is 224 Å². The molecule has 4 aromatic heterocycles. The van der Waals surface area contributed by atoms with E-state index in [9.17, 15) is 25.3 Å². The van der Waals surface area contributed by atoms with Crippen molar-refractivity contribution in [3.63, 3.8) is 0 Å². The molecule has 0 saturated carbocycles. The van der Waals surface area contributed by atoms with Gasteiger partial charge in [0.2, 0.25) is 0 Å². The maximum Gasteiger partial charge on any atom is 0.259 e. The summed E-state index contributed by atoms with van der Waals surface area (Å²) in [6.45, 7) is 28.7. The molecule has 8 atom stereocenters. The van der Waals surface area contributed by atoms with Crippen molar-refractivity contribution in [1.29, 1.82) is 0 Å². The molecular formula is C70H85N14O8PSi2. The van der Waals surface area contributed by atoms with E-state index in [1.807, 2.05) is 24.3 Å². The summed E-state index contributed by atoms with van der Waals surface area (Å²) in [6, 6.07) is 48.9. The van der Waals surface area contributed by atoms with E-state index in [0.29, 0.717) is 45.1 Å². The molecule has 6 heterocycles. The van der Waals surface area contributed by atoms with E-state index in [2.05, 4.69) is 212 Å². The van der Waals surface area contributed by atoms with Gasteiger partial charge in [0.25, 0.3) is 11.8 Å². The lowest BCUT2D eigenvalue weighted by Gasteiger charge is -2.40. The van der Waals surface area contributed by atoms with Crippen molar-refractivity contribution < 1.29 is 38.1 Å². The van der Waals surface area contributed by atoms with Gasteiger partial charge in [-0.05, 0) is 89.9 Å². The summed E-state index contributed by atoms with van der Waals surface area (Å²) in [5.74, 6) is 0.191. The fourth-order valence-electron chi connectivity index (χ4n) is 10.6. The zero-order chi connectivity index (χ0) is 68.2. The van der Waals surface area contributed by atoms with Gasteiger partial charge in [-0.2, -0.15) is 0 Å².